The third kappa shape index (κ3) is 2.21. The van der Waals surface area contributed by atoms with Gasteiger partial charge in [-0.25, -0.2) is 0 Å². The number of hydrogen-bond donors (Lipinski definition) is 0. The van der Waals surface area contributed by atoms with Gasteiger partial charge in [0.15, 0.2) is 0 Å². The van der Waals surface area contributed by atoms with Gasteiger partial charge in [-0.2, -0.15) is 0 Å². The van der Waals surface area contributed by atoms with E-state index in [4.69, 9.17) is 0 Å². The molecule has 0 spiro atoms. The summed E-state index contributed by atoms with van der Waals surface area (Å²) in [5.74, 6) is 0. The Morgan fingerprint density at radius 2 is 2.00 bits per heavy atom. The lowest BCUT2D eigenvalue weighted by Crippen LogP contribution is -2.34. The van der Waals surface area contributed by atoms with E-state index in [9.17, 15) is 0 Å². The van der Waals surface area contributed by atoms with Crippen molar-refractivity contribution in [2.45, 2.75) is 25.8 Å². The van der Waals surface area contributed by atoms with Gasteiger partial charge in [0.25, 0.3) is 0 Å². The lowest BCUT2D eigenvalue weighted by Gasteiger charge is -2.32. The fraction of sp³-hybridized carbons (Fsp3) is 0.467. The highest BCUT2D eigenvalue weighted by Gasteiger charge is 2.20. The van der Waals surface area contributed by atoms with E-state index in [-0.39, 0.29) is 0 Å². The summed E-state index contributed by atoms with van der Waals surface area (Å²) in [6.45, 7) is 5.90. The average molecular weight is 307 g/mol. The lowest BCUT2D eigenvalue weighted by atomic mass is 10.0. The zero-order valence-corrected chi connectivity index (χ0v) is 12.4. The van der Waals surface area contributed by atoms with Crippen molar-refractivity contribution >= 4 is 26.8 Å². The van der Waals surface area contributed by atoms with E-state index in [2.05, 4.69) is 62.8 Å². The number of likely N-dealkylation sites (tertiary alicyclic amines) is 1. The van der Waals surface area contributed by atoms with Gasteiger partial charge in [-0.1, -0.05) is 28.9 Å². The van der Waals surface area contributed by atoms with Crippen LogP contribution in [0.2, 0.25) is 0 Å². The zero-order chi connectivity index (χ0) is 12.5. The molecule has 1 aromatic carbocycles. The van der Waals surface area contributed by atoms with E-state index in [1.165, 1.54) is 47.9 Å². The maximum absolute atomic E-state index is 3.57. The largest absolute Gasteiger partial charge is 0.344 e. The number of fused-ring (bicyclic) bond motifs is 1. The Kier molecular flexibility index (Phi) is 3.44. The number of halogens is 1. The second kappa shape index (κ2) is 5.06. The molecule has 1 fully saturated rings. The Hall–Kier alpha value is -0.800. The second-order valence-electron chi connectivity index (χ2n) is 5.09. The van der Waals surface area contributed by atoms with Crippen molar-refractivity contribution in [3.8, 4) is 0 Å². The van der Waals surface area contributed by atoms with Crippen molar-refractivity contribution in [3.05, 3.63) is 34.9 Å². The topological polar surface area (TPSA) is 8.17 Å². The summed E-state index contributed by atoms with van der Waals surface area (Å²) in [5, 5.41) is 1.34. The van der Waals surface area contributed by atoms with E-state index in [1.54, 1.807) is 0 Å². The van der Waals surface area contributed by atoms with E-state index in [0.717, 1.165) is 0 Å². The van der Waals surface area contributed by atoms with E-state index < -0.39 is 0 Å². The predicted molar refractivity (Wildman–Crippen MR) is 80.0 cm³/mol. The van der Waals surface area contributed by atoms with Crippen LogP contribution in [0.25, 0.3) is 10.9 Å². The molecule has 0 amide bonds. The first kappa shape index (κ1) is 12.2. The molecular weight excluding hydrogens is 288 g/mol. The van der Waals surface area contributed by atoms with Gasteiger partial charge in [0, 0.05) is 35.3 Å². The molecule has 96 valence electrons. The number of rotatable bonds is 2. The van der Waals surface area contributed by atoms with Gasteiger partial charge in [-0.3, -0.25) is 0 Å². The molecule has 3 rings (SSSR count). The molecule has 2 aromatic rings. The van der Waals surface area contributed by atoms with Crippen LogP contribution >= 0.6 is 15.9 Å². The van der Waals surface area contributed by atoms with Crippen LogP contribution in [0.15, 0.2) is 34.9 Å². The molecule has 2 nitrogen and oxygen atoms in total. The highest BCUT2D eigenvalue weighted by Crippen LogP contribution is 2.29. The highest BCUT2D eigenvalue weighted by molar-refractivity contribution is 9.10. The molecule has 1 aliphatic heterocycles. The third-order valence-corrected chi connectivity index (χ3v) is 4.58. The molecule has 3 heteroatoms. The van der Waals surface area contributed by atoms with Crippen LogP contribution in [0.3, 0.4) is 0 Å². The standard InChI is InChI=1S/C15H19BrN2/c1-2-17-8-6-14(7-9-17)18-10-5-12-3-4-13(16)11-15(12)18/h3-5,10-11,14H,2,6-9H2,1H3. The SMILES string of the molecule is CCN1CCC(n2ccc3ccc(Br)cc32)CC1. The van der Waals surface area contributed by atoms with Crippen LogP contribution in [0.1, 0.15) is 25.8 Å². The molecule has 1 aliphatic rings. The summed E-state index contributed by atoms with van der Waals surface area (Å²) in [4.78, 5) is 2.54. The molecule has 1 saturated heterocycles. The number of nitrogens with zero attached hydrogens (tertiary/aromatic N) is 2. The van der Waals surface area contributed by atoms with E-state index in [1.807, 2.05) is 0 Å². The fourth-order valence-electron chi connectivity index (χ4n) is 2.95. The second-order valence-corrected chi connectivity index (χ2v) is 6.01. The van der Waals surface area contributed by atoms with Crippen LogP contribution in [-0.2, 0) is 0 Å². The monoisotopic (exact) mass is 306 g/mol. The van der Waals surface area contributed by atoms with Crippen LogP contribution in [0.5, 0.6) is 0 Å². The van der Waals surface area contributed by atoms with Crippen molar-refractivity contribution in [2.24, 2.45) is 0 Å². The molecule has 0 atom stereocenters. The molecule has 0 N–H and O–H groups in total. The van der Waals surface area contributed by atoms with Crippen molar-refractivity contribution in [1.82, 2.24) is 9.47 Å². The summed E-state index contributed by atoms with van der Waals surface area (Å²) >= 11 is 3.57. The smallest absolute Gasteiger partial charge is 0.0494 e. The van der Waals surface area contributed by atoms with Crippen molar-refractivity contribution < 1.29 is 0 Å². The van der Waals surface area contributed by atoms with E-state index >= 15 is 0 Å². The molecular formula is C15H19BrN2. The number of hydrogen-bond acceptors (Lipinski definition) is 1. The molecule has 0 bridgehead atoms. The number of aromatic nitrogens is 1. The zero-order valence-electron chi connectivity index (χ0n) is 10.8. The minimum absolute atomic E-state index is 0.666. The van der Waals surface area contributed by atoms with Crippen LogP contribution < -0.4 is 0 Å². The van der Waals surface area contributed by atoms with Gasteiger partial charge in [0.05, 0.1) is 0 Å². The average Bonchev–Trinajstić information content (AvgIpc) is 2.82. The van der Waals surface area contributed by atoms with Crippen molar-refractivity contribution in [3.63, 3.8) is 0 Å². The Labute approximate surface area is 117 Å². The van der Waals surface area contributed by atoms with Gasteiger partial charge in [-0.05, 0) is 43.0 Å². The van der Waals surface area contributed by atoms with Crippen molar-refractivity contribution in [2.75, 3.05) is 19.6 Å². The maximum atomic E-state index is 3.57. The number of benzene rings is 1. The first-order valence-electron chi connectivity index (χ1n) is 6.76. The van der Waals surface area contributed by atoms with Crippen molar-refractivity contribution in [1.29, 1.82) is 0 Å². The highest BCUT2D eigenvalue weighted by atomic mass is 79.9. The summed E-state index contributed by atoms with van der Waals surface area (Å²) in [6, 6.07) is 9.44. The predicted octanol–water partition coefficient (Wildman–Crippen LogP) is 4.06. The first-order valence-corrected chi connectivity index (χ1v) is 7.55. The quantitative estimate of drug-likeness (QED) is 0.812. The molecule has 0 aliphatic carbocycles. The molecule has 0 radical (unpaired) electrons. The van der Waals surface area contributed by atoms with Gasteiger partial charge in [-0.15, -0.1) is 0 Å². The fourth-order valence-corrected chi connectivity index (χ4v) is 3.30. The minimum Gasteiger partial charge on any atom is -0.344 e. The first-order chi connectivity index (χ1) is 8.78. The molecule has 0 saturated carbocycles. The molecule has 2 heterocycles. The molecule has 1 aromatic heterocycles. The Balaban J connectivity index is 1.88. The lowest BCUT2D eigenvalue weighted by molar-refractivity contribution is 0.197. The Morgan fingerprint density at radius 3 is 2.72 bits per heavy atom. The number of piperidine rings is 1. The normalized spacial score (nSPS) is 18.6. The van der Waals surface area contributed by atoms with Gasteiger partial charge in [0.2, 0.25) is 0 Å². The third-order valence-electron chi connectivity index (χ3n) is 4.08. The Bertz CT molecular complexity index is 538. The Morgan fingerprint density at radius 1 is 1.22 bits per heavy atom. The minimum atomic E-state index is 0.666. The maximum Gasteiger partial charge on any atom is 0.0494 e. The van der Waals surface area contributed by atoms with Crippen LogP contribution in [-0.4, -0.2) is 29.1 Å². The summed E-state index contributed by atoms with van der Waals surface area (Å²) < 4.78 is 3.63. The van der Waals surface area contributed by atoms with E-state index in [0.29, 0.717) is 6.04 Å². The summed E-state index contributed by atoms with van der Waals surface area (Å²) in [6.07, 6.45) is 4.79. The van der Waals surface area contributed by atoms with Crippen LogP contribution in [0, 0.1) is 0 Å². The molecule has 0 unspecified atom stereocenters. The van der Waals surface area contributed by atoms with Gasteiger partial charge in [0.1, 0.15) is 0 Å². The van der Waals surface area contributed by atoms with Gasteiger partial charge < -0.3 is 9.47 Å². The molecule has 18 heavy (non-hydrogen) atoms. The summed E-state index contributed by atoms with van der Waals surface area (Å²) in [5.41, 5.74) is 1.36. The van der Waals surface area contributed by atoms with Crippen LogP contribution in [0.4, 0.5) is 0 Å². The van der Waals surface area contributed by atoms with Gasteiger partial charge >= 0.3 is 0 Å². The summed E-state index contributed by atoms with van der Waals surface area (Å²) in [7, 11) is 0.